The van der Waals surface area contributed by atoms with E-state index in [-0.39, 0.29) is 5.91 Å². The zero-order valence-electron chi connectivity index (χ0n) is 13.2. The first-order chi connectivity index (χ1) is 10.6. The predicted octanol–water partition coefficient (Wildman–Crippen LogP) is 3.47. The largest absolute Gasteiger partial charge is 0.340 e. The minimum absolute atomic E-state index is 0.248. The molecule has 3 heterocycles. The second-order valence-corrected chi connectivity index (χ2v) is 7.27. The Morgan fingerprint density at radius 3 is 3.09 bits per heavy atom. The smallest absolute Gasteiger partial charge is 0.227 e. The Labute approximate surface area is 135 Å². The van der Waals surface area contributed by atoms with Crippen molar-refractivity contribution in [3.05, 3.63) is 40.6 Å². The minimum Gasteiger partial charge on any atom is -0.340 e. The van der Waals surface area contributed by atoms with Gasteiger partial charge < -0.3 is 9.47 Å². The number of hydrogen-bond donors (Lipinski definition) is 0. The Balaban J connectivity index is 1.68. The topological polar surface area (TPSA) is 38.1 Å². The molecule has 0 N–H and O–H groups in total. The molecule has 1 fully saturated rings. The van der Waals surface area contributed by atoms with E-state index >= 15 is 0 Å². The summed E-state index contributed by atoms with van der Waals surface area (Å²) in [5.41, 5.74) is 0. The fraction of sp³-hybridized carbons (Fsp3) is 0.529. The average Bonchev–Trinajstić information content (AvgIpc) is 3.18. The first-order valence-corrected chi connectivity index (χ1v) is 8.86. The van der Waals surface area contributed by atoms with Crippen molar-refractivity contribution in [1.82, 2.24) is 14.5 Å². The standard InChI is InChI=1S/C17H23N3OS/c1-13(2)17-18-7-9-20(17)14-5-3-8-19(12-14)16(21)11-15-6-4-10-22-15/h4,6-7,9-10,13-14H,3,5,8,11-12H2,1-2H3/t14-/m0/s1. The molecule has 2 aromatic rings. The third kappa shape index (κ3) is 3.24. The zero-order chi connectivity index (χ0) is 15.5. The van der Waals surface area contributed by atoms with Crippen molar-refractivity contribution in [1.29, 1.82) is 0 Å². The maximum atomic E-state index is 12.5. The molecule has 0 aliphatic carbocycles. The summed E-state index contributed by atoms with van der Waals surface area (Å²) in [7, 11) is 0. The van der Waals surface area contributed by atoms with Crippen LogP contribution in [-0.4, -0.2) is 33.4 Å². The SMILES string of the molecule is CC(C)c1nccn1[C@H]1CCCN(C(=O)Cc2cccs2)C1. The molecule has 0 radical (unpaired) electrons. The number of imidazole rings is 1. The Morgan fingerprint density at radius 2 is 2.36 bits per heavy atom. The molecule has 0 saturated carbocycles. The highest BCUT2D eigenvalue weighted by Crippen LogP contribution is 2.26. The fourth-order valence-electron chi connectivity index (χ4n) is 3.16. The molecule has 0 bridgehead atoms. The number of carbonyl (C=O) groups excluding carboxylic acids is 1. The monoisotopic (exact) mass is 317 g/mol. The van der Waals surface area contributed by atoms with Crippen molar-refractivity contribution >= 4 is 17.2 Å². The first-order valence-electron chi connectivity index (χ1n) is 7.98. The number of carbonyl (C=O) groups is 1. The second kappa shape index (κ2) is 6.65. The van der Waals surface area contributed by atoms with Crippen LogP contribution in [0, 0.1) is 0 Å². The lowest BCUT2D eigenvalue weighted by molar-refractivity contribution is -0.132. The van der Waals surface area contributed by atoms with E-state index in [2.05, 4.69) is 29.6 Å². The summed E-state index contributed by atoms with van der Waals surface area (Å²) < 4.78 is 2.27. The summed E-state index contributed by atoms with van der Waals surface area (Å²) in [6.45, 7) is 6.02. The number of amides is 1. The van der Waals surface area contributed by atoms with Gasteiger partial charge in [0.1, 0.15) is 5.82 Å². The molecule has 1 saturated heterocycles. The van der Waals surface area contributed by atoms with E-state index in [9.17, 15) is 4.79 Å². The van der Waals surface area contributed by atoms with Gasteiger partial charge in [0.2, 0.25) is 5.91 Å². The van der Waals surface area contributed by atoms with Gasteiger partial charge in [0.05, 0.1) is 12.5 Å². The first kappa shape index (κ1) is 15.3. The van der Waals surface area contributed by atoms with Crippen molar-refractivity contribution in [2.24, 2.45) is 0 Å². The number of aromatic nitrogens is 2. The van der Waals surface area contributed by atoms with Gasteiger partial charge in [-0.05, 0) is 24.3 Å². The highest BCUT2D eigenvalue weighted by Gasteiger charge is 2.26. The highest BCUT2D eigenvalue weighted by molar-refractivity contribution is 7.10. The van der Waals surface area contributed by atoms with Crippen LogP contribution in [0.2, 0.25) is 0 Å². The van der Waals surface area contributed by atoms with Gasteiger partial charge in [-0.3, -0.25) is 4.79 Å². The Bertz CT molecular complexity index is 618. The molecule has 1 amide bonds. The Hall–Kier alpha value is -1.62. The number of hydrogen-bond acceptors (Lipinski definition) is 3. The van der Waals surface area contributed by atoms with Crippen LogP contribution < -0.4 is 0 Å². The molecule has 0 unspecified atom stereocenters. The van der Waals surface area contributed by atoms with Crippen LogP contribution in [0.4, 0.5) is 0 Å². The zero-order valence-corrected chi connectivity index (χ0v) is 14.1. The van der Waals surface area contributed by atoms with Gasteiger partial charge in [0.15, 0.2) is 0 Å². The summed E-state index contributed by atoms with van der Waals surface area (Å²) in [6.07, 6.45) is 6.66. The molecule has 118 valence electrons. The fourth-order valence-corrected chi connectivity index (χ4v) is 3.86. The molecule has 22 heavy (non-hydrogen) atoms. The van der Waals surface area contributed by atoms with Crippen LogP contribution in [-0.2, 0) is 11.2 Å². The summed E-state index contributed by atoms with van der Waals surface area (Å²) >= 11 is 1.66. The van der Waals surface area contributed by atoms with Crippen molar-refractivity contribution in [2.75, 3.05) is 13.1 Å². The summed E-state index contributed by atoms with van der Waals surface area (Å²) in [6, 6.07) is 4.41. The quantitative estimate of drug-likeness (QED) is 0.866. The maximum absolute atomic E-state index is 12.5. The molecule has 5 heteroatoms. The van der Waals surface area contributed by atoms with E-state index in [1.54, 1.807) is 11.3 Å². The Kier molecular flexibility index (Phi) is 4.62. The van der Waals surface area contributed by atoms with Crippen LogP contribution in [0.1, 0.15) is 49.4 Å². The predicted molar refractivity (Wildman–Crippen MR) is 89.2 cm³/mol. The van der Waals surface area contributed by atoms with Gasteiger partial charge in [0, 0.05) is 36.3 Å². The van der Waals surface area contributed by atoms with Crippen LogP contribution in [0.5, 0.6) is 0 Å². The van der Waals surface area contributed by atoms with Gasteiger partial charge in [-0.2, -0.15) is 0 Å². The molecule has 2 aromatic heterocycles. The molecule has 1 aliphatic heterocycles. The van der Waals surface area contributed by atoms with E-state index in [1.807, 2.05) is 28.6 Å². The van der Waals surface area contributed by atoms with E-state index < -0.39 is 0 Å². The van der Waals surface area contributed by atoms with Crippen LogP contribution >= 0.6 is 11.3 Å². The maximum Gasteiger partial charge on any atom is 0.227 e. The molecule has 0 spiro atoms. The van der Waals surface area contributed by atoms with E-state index in [1.165, 1.54) is 0 Å². The molecule has 1 aliphatic rings. The van der Waals surface area contributed by atoms with Crippen LogP contribution in [0.25, 0.3) is 0 Å². The molecule has 3 rings (SSSR count). The highest BCUT2D eigenvalue weighted by atomic mass is 32.1. The van der Waals surface area contributed by atoms with E-state index in [0.29, 0.717) is 18.4 Å². The van der Waals surface area contributed by atoms with Gasteiger partial charge in [-0.1, -0.05) is 19.9 Å². The van der Waals surface area contributed by atoms with Gasteiger partial charge >= 0.3 is 0 Å². The van der Waals surface area contributed by atoms with Gasteiger partial charge in [0.25, 0.3) is 0 Å². The number of piperidine rings is 1. The number of thiophene rings is 1. The molecule has 0 aromatic carbocycles. The number of likely N-dealkylation sites (tertiary alicyclic amines) is 1. The van der Waals surface area contributed by atoms with Crippen LogP contribution in [0.15, 0.2) is 29.9 Å². The van der Waals surface area contributed by atoms with Gasteiger partial charge in [-0.15, -0.1) is 11.3 Å². The molecule has 4 nitrogen and oxygen atoms in total. The third-order valence-corrected chi connectivity index (χ3v) is 5.14. The summed E-state index contributed by atoms with van der Waals surface area (Å²) in [4.78, 5) is 20.2. The third-order valence-electron chi connectivity index (χ3n) is 4.26. The molecular weight excluding hydrogens is 294 g/mol. The average molecular weight is 317 g/mol. The summed E-state index contributed by atoms with van der Waals surface area (Å²) in [5, 5.41) is 2.03. The van der Waals surface area contributed by atoms with Gasteiger partial charge in [-0.25, -0.2) is 4.98 Å². The molecule has 1 atom stereocenters. The lowest BCUT2D eigenvalue weighted by atomic mass is 10.0. The second-order valence-electron chi connectivity index (χ2n) is 6.24. The van der Waals surface area contributed by atoms with Crippen molar-refractivity contribution in [3.63, 3.8) is 0 Å². The van der Waals surface area contributed by atoms with Crippen molar-refractivity contribution in [2.45, 2.75) is 45.1 Å². The number of rotatable bonds is 4. The normalized spacial score (nSPS) is 18.9. The Morgan fingerprint density at radius 1 is 1.50 bits per heavy atom. The number of nitrogens with zero attached hydrogens (tertiary/aromatic N) is 3. The minimum atomic E-state index is 0.248. The van der Waals surface area contributed by atoms with Crippen molar-refractivity contribution in [3.8, 4) is 0 Å². The lowest BCUT2D eigenvalue weighted by Crippen LogP contribution is -2.41. The van der Waals surface area contributed by atoms with Crippen molar-refractivity contribution < 1.29 is 4.79 Å². The van der Waals surface area contributed by atoms with E-state index in [4.69, 9.17) is 0 Å². The lowest BCUT2D eigenvalue weighted by Gasteiger charge is -2.34. The van der Waals surface area contributed by atoms with Crippen LogP contribution in [0.3, 0.4) is 0 Å². The summed E-state index contributed by atoms with van der Waals surface area (Å²) in [5.74, 6) is 1.78. The van der Waals surface area contributed by atoms with E-state index in [0.717, 1.165) is 36.6 Å². The molecular formula is C17H23N3OS.